The maximum atomic E-state index is 13.2. The van der Waals surface area contributed by atoms with E-state index in [-0.39, 0.29) is 24.6 Å². The highest BCUT2D eigenvalue weighted by Crippen LogP contribution is 2.42. The normalized spacial score (nSPS) is 24.1. The van der Waals surface area contributed by atoms with Gasteiger partial charge in [0.2, 0.25) is 0 Å². The van der Waals surface area contributed by atoms with Gasteiger partial charge >= 0.3 is 11.9 Å². The quantitative estimate of drug-likeness (QED) is 0.358. The molecule has 2 heterocycles. The summed E-state index contributed by atoms with van der Waals surface area (Å²) in [5.41, 5.74) is 0.785. The Bertz CT molecular complexity index is 678. The molecule has 1 aliphatic carbocycles. The predicted molar refractivity (Wildman–Crippen MR) is 79.6 cm³/mol. The van der Waals surface area contributed by atoms with Gasteiger partial charge in [-0.1, -0.05) is 6.92 Å². The third-order valence-corrected chi connectivity index (χ3v) is 4.86. The highest BCUT2D eigenvalue weighted by atomic mass is 19.4. The van der Waals surface area contributed by atoms with Crippen molar-refractivity contribution in [1.82, 2.24) is 0 Å². The zero-order chi connectivity index (χ0) is 17.6. The van der Waals surface area contributed by atoms with Crippen LogP contribution >= 0.6 is 0 Å². The van der Waals surface area contributed by atoms with Crippen LogP contribution in [0.15, 0.2) is 6.20 Å². The molecular weight excluding hydrogens is 327 g/mol. The van der Waals surface area contributed by atoms with E-state index in [4.69, 9.17) is 0 Å². The first-order chi connectivity index (χ1) is 11.2. The van der Waals surface area contributed by atoms with Gasteiger partial charge in [-0.05, 0) is 25.2 Å². The van der Waals surface area contributed by atoms with Crippen molar-refractivity contribution in [2.24, 2.45) is 11.8 Å². The maximum Gasteiger partial charge on any atom is 0.393 e. The second-order valence-corrected chi connectivity index (χ2v) is 6.71. The van der Waals surface area contributed by atoms with E-state index < -0.39 is 22.7 Å². The highest BCUT2D eigenvalue weighted by molar-refractivity contribution is 5.68. The molecule has 1 aromatic rings. The molecule has 0 spiro atoms. The second kappa shape index (κ2) is 5.78. The van der Waals surface area contributed by atoms with Gasteiger partial charge < -0.3 is 10.1 Å². The Kier molecular flexibility index (Phi) is 4.05. The Morgan fingerprint density at radius 2 is 2.04 bits per heavy atom. The summed E-state index contributed by atoms with van der Waals surface area (Å²) < 4.78 is 40.1. The summed E-state index contributed by atoms with van der Waals surface area (Å²) in [6.45, 7) is 1.74. The van der Waals surface area contributed by atoms with Gasteiger partial charge in [-0.25, -0.2) is 0 Å². The number of aromatic nitrogens is 1. The fourth-order valence-electron chi connectivity index (χ4n) is 3.89. The molecule has 0 aromatic carbocycles. The Morgan fingerprint density at radius 1 is 1.33 bits per heavy atom. The lowest BCUT2D eigenvalue weighted by molar-refractivity contribution is -0.617. The molecule has 1 aromatic heterocycles. The minimum absolute atomic E-state index is 0.0182. The van der Waals surface area contributed by atoms with Crippen molar-refractivity contribution < 1.29 is 22.8 Å². The van der Waals surface area contributed by atoms with Gasteiger partial charge in [-0.3, -0.25) is 10.1 Å². The molecule has 0 radical (unpaired) electrons. The molecule has 0 unspecified atom stereocenters. The van der Waals surface area contributed by atoms with Gasteiger partial charge in [0.05, 0.1) is 16.4 Å². The minimum Gasteiger partial charge on any atom is -0.618 e. The lowest BCUT2D eigenvalue weighted by atomic mass is 9.89. The predicted octanol–water partition coefficient (Wildman–Crippen LogP) is 2.74. The third kappa shape index (κ3) is 2.87. The molecule has 6 nitrogen and oxygen atoms in total. The van der Waals surface area contributed by atoms with E-state index >= 15 is 0 Å². The van der Waals surface area contributed by atoms with Crippen molar-refractivity contribution in [3.63, 3.8) is 0 Å². The number of piperidine rings is 1. The van der Waals surface area contributed by atoms with Gasteiger partial charge in [0.1, 0.15) is 5.69 Å². The smallest absolute Gasteiger partial charge is 0.393 e. The Morgan fingerprint density at radius 3 is 2.67 bits per heavy atom. The topological polar surface area (TPSA) is 73.3 Å². The van der Waals surface area contributed by atoms with E-state index in [0.29, 0.717) is 41.8 Å². The van der Waals surface area contributed by atoms with Crippen molar-refractivity contribution in [3.8, 4) is 0 Å². The molecule has 132 valence electrons. The summed E-state index contributed by atoms with van der Waals surface area (Å²) in [7, 11) is 0. The Labute approximate surface area is 136 Å². The maximum absolute atomic E-state index is 13.2. The fourth-order valence-corrected chi connectivity index (χ4v) is 3.89. The average Bonchev–Trinajstić information content (AvgIpc) is 2.95. The molecule has 1 fully saturated rings. The van der Waals surface area contributed by atoms with Crippen LogP contribution in [-0.4, -0.2) is 24.2 Å². The molecule has 2 aliphatic rings. The molecular formula is C15H18F3N3O3. The van der Waals surface area contributed by atoms with Gasteiger partial charge in [-0.2, -0.15) is 17.9 Å². The fraction of sp³-hybridized carbons (Fsp3) is 0.667. The number of hydrogen-bond acceptors (Lipinski definition) is 4. The zero-order valence-corrected chi connectivity index (χ0v) is 13.2. The van der Waals surface area contributed by atoms with Crippen molar-refractivity contribution in [3.05, 3.63) is 32.8 Å². The first-order valence-electron chi connectivity index (χ1n) is 7.92. The van der Waals surface area contributed by atoms with Crippen LogP contribution in [0.2, 0.25) is 0 Å². The first-order valence-corrected chi connectivity index (χ1v) is 7.92. The van der Waals surface area contributed by atoms with Crippen molar-refractivity contribution in [1.29, 1.82) is 0 Å². The summed E-state index contributed by atoms with van der Waals surface area (Å²) >= 11 is 0. The molecule has 0 amide bonds. The van der Waals surface area contributed by atoms with E-state index in [1.54, 1.807) is 6.92 Å². The number of fused-ring (bicyclic) bond motifs is 1. The Balaban J connectivity index is 2.08. The Hall–Kier alpha value is -2.06. The molecule has 3 rings (SSSR count). The number of pyridine rings is 1. The number of halogens is 3. The lowest BCUT2D eigenvalue weighted by Gasteiger charge is -2.38. The number of nitrogens with zero attached hydrogens (tertiary/aromatic N) is 3. The van der Waals surface area contributed by atoms with E-state index in [1.165, 1.54) is 4.90 Å². The van der Waals surface area contributed by atoms with Crippen LogP contribution in [0, 0.1) is 27.2 Å². The van der Waals surface area contributed by atoms with Crippen LogP contribution in [-0.2, 0) is 12.8 Å². The second-order valence-electron chi connectivity index (χ2n) is 6.71. The number of hydrogen-bond donors (Lipinski definition) is 0. The number of rotatable bonds is 2. The average molecular weight is 345 g/mol. The summed E-state index contributed by atoms with van der Waals surface area (Å²) in [6, 6.07) is 0. The number of nitro groups is 1. The summed E-state index contributed by atoms with van der Waals surface area (Å²) in [6.07, 6.45) is -1.77. The van der Waals surface area contributed by atoms with Gasteiger partial charge in [0, 0.05) is 19.5 Å². The van der Waals surface area contributed by atoms with E-state index in [1.807, 2.05) is 0 Å². The molecule has 2 atom stereocenters. The van der Waals surface area contributed by atoms with Crippen LogP contribution in [0.5, 0.6) is 0 Å². The number of alkyl halides is 3. The molecule has 0 bridgehead atoms. The standard InChI is InChI=1S/C15H18F3N3O3/c1-9-5-10(15(16,17)18)7-19(6-9)14-11-3-2-4-12(11)20(22)8-13(14)21(23)24/h8-10H,2-7H2,1H3/t9-,10+/m0/s1. The molecule has 9 heteroatoms. The van der Waals surface area contributed by atoms with Crippen LogP contribution in [0.3, 0.4) is 0 Å². The third-order valence-electron chi connectivity index (χ3n) is 4.86. The molecule has 0 saturated carbocycles. The van der Waals surface area contributed by atoms with Crippen LogP contribution < -0.4 is 9.63 Å². The van der Waals surface area contributed by atoms with E-state index in [0.717, 1.165) is 6.20 Å². The summed E-state index contributed by atoms with van der Waals surface area (Å²) in [5.74, 6) is -1.75. The SMILES string of the molecule is C[C@H]1C[C@@H](C(F)(F)F)CN(c2c([N+](=O)[O-])c[n+]([O-])c3c2CCC3)C1. The summed E-state index contributed by atoms with van der Waals surface area (Å²) in [4.78, 5) is 12.2. The molecule has 1 aliphatic heterocycles. The van der Waals surface area contributed by atoms with Gasteiger partial charge in [0.25, 0.3) is 6.20 Å². The minimum atomic E-state index is -4.34. The van der Waals surface area contributed by atoms with E-state index in [9.17, 15) is 28.5 Å². The van der Waals surface area contributed by atoms with Crippen molar-refractivity contribution >= 4 is 11.4 Å². The van der Waals surface area contributed by atoms with Crippen molar-refractivity contribution in [2.45, 2.75) is 38.8 Å². The van der Waals surface area contributed by atoms with Crippen LogP contribution in [0.1, 0.15) is 31.0 Å². The highest BCUT2D eigenvalue weighted by Gasteiger charge is 2.46. The zero-order valence-electron chi connectivity index (χ0n) is 13.2. The molecule has 1 saturated heterocycles. The van der Waals surface area contributed by atoms with Crippen molar-refractivity contribution in [2.75, 3.05) is 18.0 Å². The molecule has 0 N–H and O–H groups in total. The molecule has 24 heavy (non-hydrogen) atoms. The lowest BCUT2D eigenvalue weighted by Crippen LogP contribution is -2.46. The first kappa shape index (κ1) is 16.8. The largest absolute Gasteiger partial charge is 0.618 e. The number of anilines is 1. The monoisotopic (exact) mass is 345 g/mol. The van der Waals surface area contributed by atoms with Gasteiger partial charge in [0.15, 0.2) is 5.69 Å². The van der Waals surface area contributed by atoms with Crippen LogP contribution in [0.25, 0.3) is 0 Å². The van der Waals surface area contributed by atoms with Crippen LogP contribution in [0.4, 0.5) is 24.5 Å². The summed E-state index contributed by atoms with van der Waals surface area (Å²) in [5, 5.41) is 23.4. The van der Waals surface area contributed by atoms with E-state index in [2.05, 4.69) is 0 Å². The van der Waals surface area contributed by atoms with Gasteiger partial charge in [-0.15, -0.1) is 0 Å².